The molecule has 0 aromatic heterocycles. The molecule has 0 saturated carbocycles. The highest BCUT2D eigenvalue weighted by molar-refractivity contribution is 5.90. The van der Waals surface area contributed by atoms with E-state index in [1.54, 1.807) is 6.92 Å². The lowest BCUT2D eigenvalue weighted by Crippen LogP contribution is -2.40. The lowest BCUT2D eigenvalue weighted by molar-refractivity contribution is -0.142. The third-order valence-corrected chi connectivity index (χ3v) is 3.57. The number of anilines is 1. The molecule has 1 saturated heterocycles. The molecule has 2 N–H and O–H groups in total. The largest absolute Gasteiger partial charge is 0.481 e. The van der Waals surface area contributed by atoms with E-state index in [1.165, 1.54) is 4.90 Å². The van der Waals surface area contributed by atoms with Gasteiger partial charge in [0.25, 0.3) is 0 Å². The summed E-state index contributed by atoms with van der Waals surface area (Å²) in [4.78, 5) is 24.1. The quantitative estimate of drug-likeness (QED) is 0.881. The lowest BCUT2D eigenvalue weighted by atomic mass is 10.0. The molecule has 2 amide bonds. The Labute approximate surface area is 118 Å². The zero-order valence-electron chi connectivity index (χ0n) is 11.1. The van der Waals surface area contributed by atoms with E-state index in [9.17, 15) is 22.8 Å². The lowest BCUT2D eigenvalue weighted by Gasteiger charge is -2.23. The van der Waals surface area contributed by atoms with Crippen molar-refractivity contribution in [2.75, 3.05) is 11.9 Å². The summed E-state index contributed by atoms with van der Waals surface area (Å²) in [6.45, 7) is 1.71. The minimum absolute atomic E-state index is 0.161. The number of halogens is 3. The van der Waals surface area contributed by atoms with Crippen molar-refractivity contribution in [3.05, 3.63) is 29.6 Å². The minimum atomic E-state index is -1.23. The van der Waals surface area contributed by atoms with Crippen LogP contribution >= 0.6 is 0 Å². The van der Waals surface area contributed by atoms with Crippen molar-refractivity contribution in [3.8, 4) is 0 Å². The van der Waals surface area contributed by atoms with Crippen molar-refractivity contribution in [2.45, 2.75) is 19.4 Å². The average Bonchev–Trinajstić information content (AvgIpc) is 2.75. The number of aliphatic carboxylic acids is 1. The van der Waals surface area contributed by atoms with Crippen LogP contribution in [0, 0.1) is 23.4 Å². The van der Waals surface area contributed by atoms with Crippen LogP contribution < -0.4 is 5.32 Å². The van der Waals surface area contributed by atoms with Crippen LogP contribution in [0.2, 0.25) is 0 Å². The van der Waals surface area contributed by atoms with E-state index < -0.39 is 47.1 Å². The number of benzene rings is 1. The van der Waals surface area contributed by atoms with E-state index >= 15 is 0 Å². The zero-order chi connectivity index (χ0) is 15.7. The molecule has 2 atom stereocenters. The van der Waals surface area contributed by atoms with Crippen molar-refractivity contribution < 1.29 is 27.9 Å². The van der Waals surface area contributed by atoms with E-state index in [-0.39, 0.29) is 13.0 Å². The summed E-state index contributed by atoms with van der Waals surface area (Å²) < 4.78 is 39.7. The fourth-order valence-corrected chi connectivity index (χ4v) is 2.40. The van der Waals surface area contributed by atoms with Crippen molar-refractivity contribution in [3.63, 3.8) is 0 Å². The zero-order valence-corrected chi connectivity index (χ0v) is 11.1. The molecule has 1 aliphatic heterocycles. The number of hydrogen-bond acceptors (Lipinski definition) is 2. The van der Waals surface area contributed by atoms with Gasteiger partial charge in [0.2, 0.25) is 0 Å². The van der Waals surface area contributed by atoms with Crippen LogP contribution in [0.5, 0.6) is 0 Å². The highest BCUT2D eigenvalue weighted by atomic mass is 19.1. The Hall–Kier alpha value is -2.25. The molecule has 0 radical (unpaired) electrons. The number of nitrogens with zero attached hydrogens (tertiary/aromatic N) is 1. The molecule has 2 unspecified atom stereocenters. The number of urea groups is 1. The predicted octanol–water partition coefficient (Wildman–Crippen LogP) is 2.43. The smallest absolute Gasteiger partial charge is 0.322 e. The first-order valence-corrected chi connectivity index (χ1v) is 6.26. The molecule has 0 aliphatic carbocycles. The molecule has 0 spiro atoms. The van der Waals surface area contributed by atoms with Crippen LogP contribution in [-0.2, 0) is 4.79 Å². The number of rotatable bonds is 2. The molecule has 1 aliphatic rings. The van der Waals surface area contributed by atoms with Crippen LogP contribution in [0.3, 0.4) is 0 Å². The third kappa shape index (κ3) is 2.93. The summed E-state index contributed by atoms with van der Waals surface area (Å²) in [5.41, 5.74) is -0.757. The second-order valence-electron chi connectivity index (χ2n) is 4.84. The fraction of sp³-hybridized carbons (Fsp3) is 0.385. The van der Waals surface area contributed by atoms with E-state index in [0.717, 1.165) is 0 Å². The fourth-order valence-electron chi connectivity index (χ4n) is 2.40. The van der Waals surface area contributed by atoms with E-state index in [1.807, 2.05) is 5.32 Å². The highest BCUT2D eigenvalue weighted by Gasteiger charge is 2.38. The number of hydrogen-bond donors (Lipinski definition) is 2. The van der Waals surface area contributed by atoms with E-state index in [4.69, 9.17) is 5.11 Å². The van der Waals surface area contributed by atoms with Crippen LogP contribution in [-0.4, -0.2) is 34.6 Å². The predicted molar refractivity (Wildman–Crippen MR) is 67.2 cm³/mol. The normalized spacial score (nSPS) is 21.4. The van der Waals surface area contributed by atoms with Gasteiger partial charge in [-0.1, -0.05) is 0 Å². The summed E-state index contributed by atoms with van der Waals surface area (Å²) in [6, 6.07) is -0.525. The van der Waals surface area contributed by atoms with Crippen LogP contribution in [0.4, 0.5) is 23.7 Å². The standard InChI is InChI=1S/C13H13F3N2O3/c1-6-8(12(19)20)2-3-18(6)13(21)17-11-9(15)4-7(14)5-10(11)16/h4-6,8H,2-3H2,1H3,(H,17,21)(H,19,20). The highest BCUT2D eigenvalue weighted by Crippen LogP contribution is 2.26. The third-order valence-electron chi connectivity index (χ3n) is 3.57. The van der Waals surface area contributed by atoms with Gasteiger partial charge in [-0.3, -0.25) is 4.79 Å². The second kappa shape index (κ2) is 5.63. The van der Waals surface area contributed by atoms with E-state index in [0.29, 0.717) is 12.1 Å². The first kappa shape index (κ1) is 15.1. The van der Waals surface area contributed by atoms with Gasteiger partial charge >= 0.3 is 12.0 Å². The molecular formula is C13H13F3N2O3. The molecule has 114 valence electrons. The molecule has 1 aromatic carbocycles. The number of amides is 2. The van der Waals surface area contributed by atoms with Gasteiger partial charge < -0.3 is 15.3 Å². The first-order chi connectivity index (χ1) is 9.81. The van der Waals surface area contributed by atoms with Crippen LogP contribution in [0.15, 0.2) is 12.1 Å². The number of carbonyl (C=O) groups is 2. The summed E-state index contributed by atoms with van der Waals surface area (Å²) >= 11 is 0. The van der Waals surface area contributed by atoms with Crippen LogP contribution in [0.1, 0.15) is 13.3 Å². The molecular weight excluding hydrogens is 289 g/mol. The summed E-state index contributed by atoms with van der Waals surface area (Å²) in [7, 11) is 0. The molecule has 5 nitrogen and oxygen atoms in total. The number of carboxylic acid groups (broad SMARTS) is 1. The Kier molecular flexibility index (Phi) is 4.06. The number of carbonyl (C=O) groups excluding carboxylic acids is 1. The number of nitrogens with one attached hydrogen (secondary N) is 1. The van der Waals surface area contributed by atoms with Gasteiger partial charge in [0.05, 0.1) is 5.92 Å². The SMILES string of the molecule is CC1C(C(=O)O)CCN1C(=O)Nc1c(F)cc(F)cc1F. The summed E-state index contributed by atoms with van der Waals surface area (Å²) in [6.07, 6.45) is 0.262. The monoisotopic (exact) mass is 302 g/mol. The van der Waals surface area contributed by atoms with Gasteiger partial charge in [0.15, 0.2) is 11.6 Å². The van der Waals surface area contributed by atoms with Crippen molar-refractivity contribution in [1.29, 1.82) is 0 Å². The molecule has 1 heterocycles. The van der Waals surface area contributed by atoms with Gasteiger partial charge in [0.1, 0.15) is 11.5 Å². The summed E-state index contributed by atoms with van der Waals surface area (Å²) in [5.74, 6) is -5.32. The first-order valence-electron chi connectivity index (χ1n) is 6.26. The molecule has 2 rings (SSSR count). The molecule has 21 heavy (non-hydrogen) atoms. The number of likely N-dealkylation sites (tertiary alicyclic amines) is 1. The van der Waals surface area contributed by atoms with Crippen molar-refractivity contribution >= 4 is 17.7 Å². The molecule has 0 bridgehead atoms. The Morgan fingerprint density at radius 3 is 2.33 bits per heavy atom. The van der Waals surface area contributed by atoms with Crippen molar-refractivity contribution in [1.82, 2.24) is 4.90 Å². The maximum Gasteiger partial charge on any atom is 0.322 e. The van der Waals surface area contributed by atoms with Gasteiger partial charge in [-0.25, -0.2) is 18.0 Å². The Morgan fingerprint density at radius 2 is 1.86 bits per heavy atom. The summed E-state index contributed by atoms with van der Waals surface area (Å²) in [5, 5.41) is 11.0. The topological polar surface area (TPSA) is 69.6 Å². The maximum absolute atomic E-state index is 13.5. The molecule has 1 aromatic rings. The van der Waals surface area contributed by atoms with Crippen LogP contribution in [0.25, 0.3) is 0 Å². The Bertz CT molecular complexity index is 571. The Balaban J connectivity index is 2.15. The van der Waals surface area contributed by atoms with Gasteiger partial charge in [-0.05, 0) is 13.3 Å². The second-order valence-corrected chi connectivity index (χ2v) is 4.84. The molecule has 1 fully saturated rings. The molecule has 8 heteroatoms. The Morgan fingerprint density at radius 1 is 1.29 bits per heavy atom. The number of carboxylic acids is 1. The van der Waals surface area contributed by atoms with Gasteiger partial charge in [0, 0.05) is 24.7 Å². The van der Waals surface area contributed by atoms with E-state index in [2.05, 4.69) is 0 Å². The maximum atomic E-state index is 13.5. The minimum Gasteiger partial charge on any atom is -0.481 e. The van der Waals surface area contributed by atoms with Crippen molar-refractivity contribution in [2.24, 2.45) is 5.92 Å². The average molecular weight is 302 g/mol. The van der Waals surface area contributed by atoms with Gasteiger partial charge in [-0.15, -0.1) is 0 Å². The van der Waals surface area contributed by atoms with Gasteiger partial charge in [-0.2, -0.15) is 0 Å².